The molecule has 0 bridgehead atoms. The van der Waals surface area contributed by atoms with Gasteiger partial charge in [0.25, 0.3) is 0 Å². The predicted molar refractivity (Wildman–Crippen MR) is 111 cm³/mol. The lowest BCUT2D eigenvalue weighted by Crippen LogP contribution is -2.31. The Morgan fingerprint density at radius 3 is 2.61 bits per heavy atom. The zero-order valence-corrected chi connectivity index (χ0v) is 16.2. The van der Waals surface area contributed by atoms with Crippen LogP contribution in [0.3, 0.4) is 0 Å². The summed E-state index contributed by atoms with van der Waals surface area (Å²) in [6.45, 7) is 4.12. The second-order valence-corrected chi connectivity index (χ2v) is 7.64. The molecule has 5 nitrogen and oxygen atoms in total. The van der Waals surface area contributed by atoms with Crippen LogP contribution in [0.2, 0.25) is 0 Å². The molecule has 4 rings (SSSR count). The summed E-state index contributed by atoms with van der Waals surface area (Å²) < 4.78 is 1.90. The number of piperidine rings is 1. The molecule has 0 radical (unpaired) electrons. The maximum absolute atomic E-state index is 10.7. The van der Waals surface area contributed by atoms with Crippen LogP contribution in [0.4, 0.5) is 0 Å². The highest BCUT2D eigenvalue weighted by molar-refractivity contribution is 5.37. The summed E-state index contributed by atoms with van der Waals surface area (Å²) in [4.78, 5) is 2.54. The van der Waals surface area contributed by atoms with Gasteiger partial charge in [-0.1, -0.05) is 55.0 Å². The molecule has 0 saturated carbocycles. The lowest BCUT2D eigenvalue weighted by atomic mass is 9.99. The lowest BCUT2D eigenvalue weighted by Gasteiger charge is -2.27. The Balaban J connectivity index is 1.38. The Bertz CT molecular complexity index is 860. The number of aromatic nitrogens is 3. The molecule has 1 aliphatic heterocycles. The van der Waals surface area contributed by atoms with E-state index in [1.165, 1.54) is 37.9 Å². The van der Waals surface area contributed by atoms with Crippen LogP contribution in [-0.2, 0) is 6.54 Å². The van der Waals surface area contributed by atoms with Crippen molar-refractivity contribution in [2.45, 2.75) is 38.3 Å². The van der Waals surface area contributed by atoms with E-state index >= 15 is 0 Å². The number of rotatable bonds is 6. The summed E-state index contributed by atoms with van der Waals surface area (Å²) in [7, 11) is 0. The molecule has 2 aliphatic rings. The van der Waals surface area contributed by atoms with Gasteiger partial charge in [0.15, 0.2) is 5.82 Å². The molecule has 2 heterocycles. The van der Waals surface area contributed by atoms with Gasteiger partial charge in [0.2, 0.25) is 0 Å². The van der Waals surface area contributed by atoms with Crippen LogP contribution in [-0.4, -0.2) is 44.4 Å². The van der Waals surface area contributed by atoms with Crippen molar-refractivity contribution in [3.63, 3.8) is 0 Å². The summed E-state index contributed by atoms with van der Waals surface area (Å²) in [6.07, 6.45) is 14.2. The van der Waals surface area contributed by atoms with E-state index in [-0.39, 0.29) is 0 Å². The summed E-state index contributed by atoms with van der Waals surface area (Å²) >= 11 is 0. The van der Waals surface area contributed by atoms with E-state index in [9.17, 15) is 5.11 Å². The largest absolute Gasteiger partial charge is 0.381 e. The molecule has 5 heteroatoms. The van der Waals surface area contributed by atoms with Crippen molar-refractivity contribution in [1.29, 1.82) is 0 Å². The second kappa shape index (κ2) is 9.13. The highest BCUT2D eigenvalue weighted by Crippen LogP contribution is 2.22. The minimum Gasteiger partial charge on any atom is -0.381 e. The maximum Gasteiger partial charge on any atom is 0.166 e. The van der Waals surface area contributed by atoms with E-state index < -0.39 is 6.10 Å². The smallest absolute Gasteiger partial charge is 0.166 e. The molecule has 1 aromatic carbocycles. The SMILES string of the molecule is OC(C=C1C=CC(CN2CCCCC2)=CC1)c1nncn1Cc1ccccc1. The van der Waals surface area contributed by atoms with Crippen molar-refractivity contribution in [2.75, 3.05) is 19.6 Å². The normalized spacial score (nSPS) is 20.3. The molecule has 1 aromatic heterocycles. The quantitative estimate of drug-likeness (QED) is 0.836. The number of allylic oxidation sites excluding steroid dienone is 3. The zero-order valence-electron chi connectivity index (χ0n) is 16.2. The van der Waals surface area contributed by atoms with E-state index in [0.717, 1.165) is 24.1 Å². The van der Waals surface area contributed by atoms with Gasteiger partial charge < -0.3 is 9.67 Å². The zero-order chi connectivity index (χ0) is 19.2. The summed E-state index contributed by atoms with van der Waals surface area (Å²) in [5.74, 6) is 0.577. The first-order valence-corrected chi connectivity index (χ1v) is 10.2. The average molecular weight is 377 g/mol. The Morgan fingerprint density at radius 2 is 1.86 bits per heavy atom. The third kappa shape index (κ3) is 4.86. The van der Waals surface area contributed by atoms with E-state index in [4.69, 9.17) is 0 Å². The molecule has 1 atom stereocenters. The van der Waals surface area contributed by atoms with Crippen molar-refractivity contribution in [1.82, 2.24) is 19.7 Å². The number of aliphatic hydroxyl groups is 1. The first kappa shape index (κ1) is 18.8. The summed E-state index contributed by atoms with van der Waals surface area (Å²) in [5, 5.41) is 18.8. The number of benzene rings is 1. The van der Waals surface area contributed by atoms with Crippen LogP contribution in [0.5, 0.6) is 0 Å². The maximum atomic E-state index is 10.7. The average Bonchev–Trinajstić information content (AvgIpc) is 3.19. The standard InChI is InChI=1S/C23H28N4O/c28-22(23-25-24-18-27(23)17-20-7-3-1-4-8-20)15-19-9-11-21(12-10-19)16-26-13-5-2-6-14-26/h1,3-4,7-9,11-12,15,18,22,28H,2,5-6,10,13-14,16-17H2. The van der Waals surface area contributed by atoms with Gasteiger partial charge in [-0.2, -0.15) is 0 Å². The van der Waals surface area contributed by atoms with Crippen LogP contribution in [0, 0.1) is 0 Å². The molecule has 146 valence electrons. The molecule has 1 aliphatic carbocycles. The van der Waals surface area contributed by atoms with Gasteiger partial charge in [0, 0.05) is 6.54 Å². The topological polar surface area (TPSA) is 54.2 Å². The van der Waals surface area contributed by atoms with Crippen molar-refractivity contribution in [3.8, 4) is 0 Å². The number of aliphatic hydroxyl groups excluding tert-OH is 1. The molecule has 1 N–H and O–H groups in total. The lowest BCUT2D eigenvalue weighted by molar-refractivity contribution is 0.212. The Labute approximate surface area is 166 Å². The molecule has 1 unspecified atom stereocenters. The first-order chi connectivity index (χ1) is 13.8. The molecule has 1 fully saturated rings. The van der Waals surface area contributed by atoms with Crippen LogP contribution in [0.1, 0.15) is 43.2 Å². The van der Waals surface area contributed by atoms with Crippen molar-refractivity contribution in [2.24, 2.45) is 0 Å². The van der Waals surface area contributed by atoms with Gasteiger partial charge in [0.05, 0.1) is 6.54 Å². The van der Waals surface area contributed by atoms with Gasteiger partial charge >= 0.3 is 0 Å². The Morgan fingerprint density at radius 1 is 1.04 bits per heavy atom. The predicted octanol–water partition coefficient (Wildman–Crippen LogP) is 3.66. The molecule has 0 amide bonds. The molecule has 0 spiro atoms. The molecule has 28 heavy (non-hydrogen) atoms. The molecular formula is C23H28N4O. The number of hydrogen-bond donors (Lipinski definition) is 1. The highest BCUT2D eigenvalue weighted by atomic mass is 16.3. The van der Waals surface area contributed by atoms with E-state index in [0.29, 0.717) is 12.4 Å². The minimum atomic E-state index is -0.761. The van der Waals surface area contributed by atoms with Gasteiger partial charge in [-0.3, -0.25) is 4.90 Å². The van der Waals surface area contributed by atoms with Crippen LogP contribution >= 0.6 is 0 Å². The van der Waals surface area contributed by atoms with Crippen molar-refractivity contribution in [3.05, 3.63) is 83.5 Å². The van der Waals surface area contributed by atoms with Crippen molar-refractivity contribution >= 4 is 0 Å². The third-order valence-corrected chi connectivity index (χ3v) is 5.44. The van der Waals surface area contributed by atoms with E-state index in [1.807, 2.05) is 28.8 Å². The fraction of sp³-hybridized carbons (Fsp3) is 0.391. The molecule has 1 saturated heterocycles. The number of hydrogen-bond acceptors (Lipinski definition) is 4. The fourth-order valence-corrected chi connectivity index (χ4v) is 3.89. The number of likely N-dealkylation sites (tertiary alicyclic amines) is 1. The van der Waals surface area contributed by atoms with E-state index in [1.54, 1.807) is 6.33 Å². The van der Waals surface area contributed by atoms with Crippen LogP contribution < -0.4 is 0 Å². The van der Waals surface area contributed by atoms with Gasteiger partial charge in [-0.25, -0.2) is 0 Å². The first-order valence-electron chi connectivity index (χ1n) is 10.2. The third-order valence-electron chi connectivity index (χ3n) is 5.44. The minimum absolute atomic E-state index is 0.577. The summed E-state index contributed by atoms with van der Waals surface area (Å²) in [5.41, 5.74) is 3.65. The summed E-state index contributed by atoms with van der Waals surface area (Å²) in [6, 6.07) is 10.1. The second-order valence-electron chi connectivity index (χ2n) is 7.64. The highest BCUT2D eigenvalue weighted by Gasteiger charge is 2.15. The fourth-order valence-electron chi connectivity index (χ4n) is 3.89. The van der Waals surface area contributed by atoms with Gasteiger partial charge in [0.1, 0.15) is 12.4 Å². The van der Waals surface area contributed by atoms with Gasteiger partial charge in [-0.05, 0) is 55.1 Å². The van der Waals surface area contributed by atoms with Crippen LogP contribution in [0.15, 0.2) is 72.1 Å². The van der Waals surface area contributed by atoms with Crippen molar-refractivity contribution < 1.29 is 5.11 Å². The monoisotopic (exact) mass is 376 g/mol. The number of nitrogens with zero attached hydrogens (tertiary/aromatic N) is 4. The Hall–Kier alpha value is -2.50. The Kier molecular flexibility index (Phi) is 6.14. The van der Waals surface area contributed by atoms with E-state index in [2.05, 4.69) is 45.5 Å². The van der Waals surface area contributed by atoms with Gasteiger partial charge in [-0.15, -0.1) is 10.2 Å². The molecule has 2 aromatic rings. The van der Waals surface area contributed by atoms with Crippen LogP contribution in [0.25, 0.3) is 0 Å². The molecular weight excluding hydrogens is 348 g/mol.